The molecule has 0 aliphatic carbocycles. The van der Waals surface area contributed by atoms with Crippen molar-refractivity contribution in [2.24, 2.45) is 0 Å². The average molecular weight is 368 g/mol. The van der Waals surface area contributed by atoms with Crippen LogP contribution in [0.5, 0.6) is 5.75 Å². The van der Waals surface area contributed by atoms with Crippen LogP contribution in [0.25, 0.3) is 12.2 Å². The zero-order chi connectivity index (χ0) is 23.8. The summed E-state index contributed by atoms with van der Waals surface area (Å²) in [4.78, 5) is 0. The molecule has 0 amide bonds. The highest BCUT2D eigenvalue weighted by Gasteiger charge is 2.21. The van der Waals surface area contributed by atoms with Crippen LogP contribution in [0.4, 0.5) is 0 Å². The number of hydrogen-bond donors (Lipinski definition) is 0. The summed E-state index contributed by atoms with van der Waals surface area (Å²) in [6.07, 6.45) is 3.37. The molecule has 2 heteroatoms. The molecule has 0 saturated heterocycles. The second kappa shape index (κ2) is 6.70. The zero-order valence-electron chi connectivity index (χ0n) is 21.4. The van der Waals surface area contributed by atoms with Crippen molar-refractivity contribution in [3.8, 4) is 5.75 Å². The van der Waals surface area contributed by atoms with Gasteiger partial charge in [0.05, 0.1) is 7.11 Å². The van der Waals surface area contributed by atoms with Crippen LogP contribution < -0.4 is 4.74 Å². The van der Waals surface area contributed by atoms with Gasteiger partial charge in [-0.25, -0.2) is 0 Å². The van der Waals surface area contributed by atoms with E-state index in [0.29, 0.717) is 10.0 Å². The van der Waals surface area contributed by atoms with Gasteiger partial charge in [-0.05, 0) is 30.0 Å². The van der Waals surface area contributed by atoms with Crippen molar-refractivity contribution in [2.75, 3.05) is 7.11 Å². The third-order valence-corrected chi connectivity index (χ3v) is 3.68. The Morgan fingerprint density at radius 2 is 1.77 bits per heavy atom. The van der Waals surface area contributed by atoms with Gasteiger partial charge in [-0.3, -0.25) is 0 Å². The van der Waals surface area contributed by atoms with Gasteiger partial charge in [0, 0.05) is 27.9 Å². The Labute approximate surface area is 154 Å². The minimum atomic E-state index is -3.38. The highest BCUT2D eigenvalue weighted by atomic mass is 79.9. The van der Waals surface area contributed by atoms with Gasteiger partial charge in [-0.1, -0.05) is 78.5 Å². The van der Waals surface area contributed by atoms with E-state index in [1.54, 1.807) is 18.2 Å². The smallest absolute Gasteiger partial charge is 0.129 e. The monoisotopic (exact) mass is 367 g/mol. The summed E-state index contributed by atoms with van der Waals surface area (Å²) >= 11 is 3.26. The summed E-state index contributed by atoms with van der Waals surface area (Å²) in [7, 11) is 1.25. The fourth-order valence-electron chi connectivity index (χ4n) is 2.11. The topological polar surface area (TPSA) is 9.23 Å². The highest BCUT2D eigenvalue weighted by molar-refractivity contribution is 9.10. The van der Waals surface area contributed by atoms with Crippen LogP contribution in [0.2, 0.25) is 0 Å². The Kier molecular flexibility index (Phi) is 2.54. The summed E-state index contributed by atoms with van der Waals surface area (Å²) in [5, 5.41) is 0. The minimum Gasteiger partial charge on any atom is -0.496 e. The standard InChI is InChI=1S/C20H23BrO/c1-14-6-8-15(9-7-14)10-11-16-12-17(21)13-18(19(16)22-5)20(2,3)4/h6-13H,1-5H3/b11-10+/i2D3,3D3,4D3. The van der Waals surface area contributed by atoms with Gasteiger partial charge in [0.15, 0.2) is 0 Å². The molecule has 0 bridgehead atoms. The Morgan fingerprint density at radius 1 is 1.09 bits per heavy atom. The average Bonchev–Trinajstić information content (AvgIpc) is 2.57. The first-order valence-electron chi connectivity index (χ1n) is 11.2. The van der Waals surface area contributed by atoms with Gasteiger partial charge in [-0.15, -0.1) is 0 Å². The molecule has 22 heavy (non-hydrogen) atoms. The first-order valence-corrected chi connectivity index (χ1v) is 7.48. The summed E-state index contributed by atoms with van der Waals surface area (Å²) < 4.78 is 77.6. The molecule has 0 spiro atoms. The van der Waals surface area contributed by atoms with Crippen molar-refractivity contribution in [1.82, 2.24) is 0 Å². The molecule has 0 radical (unpaired) electrons. The number of halogens is 1. The lowest BCUT2D eigenvalue weighted by atomic mass is 9.85. The van der Waals surface area contributed by atoms with Crippen molar-refractivity contribution < 1.29 is 17.1 Å². The molecule has 0 unspecified atom stereocenters. The van der Waals surface area contributed by atoms with E-state index in [-0.39, 0.29) is 5.75 Å². The molecule has 0 fully saturated rings. The number of benzene rings is 2. The van der Waals surface area contributed by atoms with Crippen LogP contribution in [0.15, 0.2) is 40.9 Å². The Bertz CT molecular complexity index is 919. The zero-order valence-corrected chi connectivity index (χ0v) is 14.0. The molecule has 2 aromatic carbocycles. The summed E-state index contributed by atoms with van der Waals surface area (Å²) in [5.74, 6) is -0.116. The maximum absolute atomic E-state index is 7.98. The SMILES string of the molecule is [2H]C([2H])([2H])C(c1cc(Br)cc(/C=C/c2ccc(C)cc2)c1OC)(C([2H])([2H])[2H])C([2H])([2H])[2H]. The molecule has 2 rings (SSSR count). The maximum atomic E-state index is 7.98. The van der Waals surface area contributed by atoms with Gasteiger partial charge in [0.2, 0.25) is 0 Å². The van der Waals surface area contributed by atoms with Gasteiger partial charge >= 0.3 is 0 Å². The third kappa shape index (κ3) is 4.01. The molecule has 0 heterocycles. The van der Waals surface area contributed by atoms with Crippen LogP contribution in [-0.2, 0) is 5.41 Å². The quantitative estimate of drug-likeness (QED) is 0.583. The lowest BCUT2D eigenvalue weighted by molar-refractivity contribution is 0.396. The summed E-state index contributed by atoms with van der Waals surface area (Å²) in [6, 6.07) is 10.4. The molecule has 1 nitrogen and oxygen atoms in total. The van der Waals surface area contributed by atoms with E-state index < -0.39 is 31.5 Å². The van der Waals surface area contributed by atoms with Crippen LogP contribution in [0.3, 0.4) is 0 Å². The highest BCUT2D eigenvalue weighted by Crippen LogP contribution is 2.37. The normalized spacial score (nSPS) is 19.7. The van der Waals surface area contributed by atoms with E-state index >= 15 is 0 Å². The fraction of sp³-hybridized carbons (Fsp3) is 0.300. The molecular weight excluding hydrogens is 336 g/mol. The Balaban J connectivity index is 2.87. The van der Waals surface area contributed by atoms with Gasteiger partial charge < -0.3 is 4.74 Å². The second-order valence-corrected chi connectivity index (χ2v) is 5.99. The van der Waals surface area contributed by atoms with E-state index in [9.17, 15) is 0 Å². The van der Waals surface area contributed by atoms with Crippen molar-refractivity contribution in [1.29, 1.82) is 0 Å². The molecule has 0 aliphatic heterocycles. The summed E-state index contributed by atoms with van der Waals surface area (Å²) in [5.41, 5.74) is -1.31. The maximum Gasteiger partial charge on any atom is 0.129 e. The van der Waals surface area contributed by atoms with Crippen molar-refractivity contribution in [3.63, 3.8) is 0 Å². The Morgan fingerprint density at radius 3 is 2.36 bits per heavy atom. The Hall–Kier alpha value is -1.54. The van der Waals surface area contributed by atoms with Crippen LogP contribution in [0, 0.1) is 6.92 Å². The van der Waals surface area contributed by atoms with Crippen LogP contribution in [0.1, 0.15) is 55.1 Å². The molecule has 0 aromatic heterocycles. The largest absolute Gasteiger partial charge is 0.496 e. The van der Waals surface area contributed by atoms with Crippen LogP contribution in [-0.4, -0.2) is 7.11 Å². The lowest BCUT2D eigenvalue weighted by Crippen LogP contribution is -2.13. The molecule has 0 aliphatic rings. The first kappa shape index (κ1) is 8.35. The van der Waals surface area contributed by atoms with E-state index in [1.807, 2.05) is 31.2 Å². The second-order valence-electron chi connectivity index (χ2n) is 5.07. The number of ether oxygens (including phenoxy) is 1. The van der Waals surface area contributed by atoms with Gasteiger partial charge in [0.1, 0.15) is 5.75 Å². The molecule has 0 saturated carbocycles. The number of rotatable bonds is 3. The van der Waals surface area contributed by atoms with E-state index in [0.717, 1.165) is 11.1 Å². The predicted octanol–water partition coefficient (Wildman–Crippen LogP) is 6.23. The fourth-order valence-corrected chi connectivity index (χ4v) is 2.58. The molecular formula is C20H23BrO. The minimum absolute atomic E-state index is 0.116. The third-order valence-electron chi connectivity index (χ3n) is 3.22. The summed E-state index contributed by atoms with van der Waals surface area (Å²) in [6.45, 7) is -8.18. The van der Waals surface area contributed by atoms with E-state index in [1.165, 1.54) is 13.2 Å². The molecule has 116 valence electrons. The van der Waals surface area contributed by atoms with Crippen LogP contribution >= 0.6 is 15.9 Å². The number of hydrogen-bond acceptors (Lipinski definition) is 1. The van der Waals surface area contributed by atoms with Gasteiger partial charge in [-0.2, -0.15) is 0 Å². The number of methoxy groups -OCH3 is 1. The molecule has 0 atom stereocenters. The first-order chi connectivity index (χ1) is 14.1. The van der Waals surface area contributed by atoms with E-state index in [4.69, 9.17) is 17.1 Å². The van der Waals surface area contributed by atoms with Crippen molar-refractivity contribution in [2.45, 2.75) is 32.9 Å². The van der Waals surface area contributed by atoms with Gasteiger partial charge in [0.25, 0.3) is 0 Å². The molecule has 0 N–H and O–H groups in total. The number of aryl methyl sites for hydroxylation is 1. The predicted molar refractivity (Wildman–Crippen MR) is 99.5 cm³/mol. The lowest BCUT2D eigenvalue weighted by Gasteiger charge is -2.24. The molecule has 2 aromatic rings. The van der Waals surface area contributed by atoms with Crippen molar-refractivity contribution >= 4 is 28.1 Å². The van der Waals surface area contributed by atoms with E-state index in [2.05, 4.69) is 15.9 Å². The van der Waals surface area contributed by atoms with Crippen molar-refractivity contribution in [3.05, 3.63) is 63.1 Å².